The van der Waals surface area contributed by atoms with E-state index in [4.69, 9.17) is 4.42 Å². The SMILES string of the molecule is CC(C)Nc1oc2ccccc2c(=O)c1-c1ccccc1. The number of nitrogens with one attached hydrogen (secondary N) is 1. The molecule has 3 heteroatoms. The van der Waals surface area contributed by atoms with E-state index in [2.05, 4.69) is 5.32 Å². The van der Waals surface area contributed by atoms with Crippen LogP contribution in [0.1, 0.15) is 13.8 Å². The van der Waals surface area contributed by atoms with E-state index in [9.17, 15) is 4.79 Å². The second-order valence-corrected chi connectivity index (χ2v) is 5.30. The van der Waals surface area contributed by atoms with E-state index in [1.54, 1.807) is 6.07 Å². The van der Waals surface area contributed by atoms with Crippen LogP contribution < -0.4 is 10.7 Å². The van der Waals surface area contributed by atoms with Crippen LogP contribution in [0, 0.1) is 0 Å². The van der Waals surface area contributed by atoms with E-state index in [0.29, 0.717) is 22.4 Å². The van der Waals surface area contributed by atoms with E-state index in [1.807, 2.05) is 62.4 Å². The van der Waals surface area contributed by atoms with Crippen LogP contribution in [0.25, 0.3) is 22.1 Å². The average molecular weight is 279 g/mol. The molecule has 0 aliphatic carbocycles. The number of rotatable bonds is 3. The summed E-state index contributed by atoms with van der Waals surface area (Å²) in [6.07, 6.45) is 0. The highest BCUT2D eigenvalue weighted by atomic mass is 16.3. The molecule has 0 aliphatic heterocycles. The third-order valence-corrected chi connectivity index (χ3v) is 3.28. The first kappa shape index (κ1) is 13.4. The largest absolute Gasteiger partial charge is 0.440 e. The molecule has 0 saturated carbocycles. The normalized spacial score (nSPS) is 11.0. The molecule has 1 aromatic heterocycles. The summed E-state index contributed by atoms with van der Waals surface area (Å²) in [6, 6.07) is 17.1. The molecule has 0 atom stereocenters. The molecule has 0 amide bonds. The Balaban J connectivity index is 2.34. The standard InChI is InChI=1S/C18H17NO2/c1-12(2)19-18-16(13-8-4-3-5-9-13)17(20)14-10-6-7-11-15(14)21-18/h3-12,19H,1-2H3. The van der Waals surface area contributed by atoms with E-state index in [0.717, 1.165) is 5.56 Å². The molecule has 2 aromatic carbocycles. The number of hydrogen-bond donors (Lipinski definition) is 1. The monoisotopic (exact) mass is 279 g/mol. The van der Waals surface area contributed by atoms with Gasteiger partial charge in [-0.25, -0.2) is 0 Å². The Morgan fingerprint density at radius 2 is 1.62 bits per heavy atom. The van der Waals surface area contributed by atoms with E-state index in [-0.39, 0.29) is 11.5 Å². The molecule has 3 aromatic rings. The van der Waals surface area contributed by atoms with E-state index in [1.165, 1.54) is 0 Å². The quantitative estimate of drug-likeness (QED) is 0.778. The smallest absolute Gasteiger partial charge is 0.205 e. The molecule has 0 bridgehead atoms. The lowest BCUT2D eigenvalue weighted by molar-refractivity contribution is 0.608. The fourth-order valence-corrected chi connectivity index (χ4v) is 2.37. The second kappa shape index (κ2) is 5.44. The Hall–Kier alpha value is -2.55. The number of anilines is 1. The van der Waals surface area contributed by atoms with Gasteiger partial charge in [-0.3, -0.25) is 4.79 Å². The molecule has 21 heavy (non-hydrogen) atoms. The van der Waals surface area contributed by atoms with Gasteiger partial charge in [0.15, 0.2) is 0 Å². The fraction of sp³-hybridized carbons (Fsp3) is 0.167. The molecule has 0 spiro atoms. The lowest BCUT2D eigenvalue weighted by Gasteiger charge is -2.14. The molecule has 1 heterocycles. The maximum absolute atomic E-state index is 12.8. The van der Waals surface area contributed by atoms with Crippen molar-refractivity contribution >= 4 is 16.9 Å². The summed E-state index contributed by atoms with van der Waals surface area (Å²) in [5.74, 6) is 0.528. The predicted octanol–water partition coefficient (Wildman–Crippen LogP) is 4.28. The zero-order valence-corrected chi connectivity index (χ0v) is 12.1. The van der Waals surface area contributed by atoms with Gasteiger partial charge in [-0.2, -0.15) is 0 Å². The zero-order valence-electron chi connectivity index (χ0n) is 12.1. The molecule has 0 fully saturated rings. The summed E-state index contributed by atoms with van der Waals surface area (Å²) in [4.78, 5) is 12.8. The van der Waals surface area contributed by atoms with Crippen molar-refractivity contribution in [3.05, 3.63) is 64.8 Å². The number of fused-ring (bicyclic) bond motifs is 1. The van der Waals surface area contributed by atoms with Gasteiger partial charge in [0.25, 0.3) is 0 Å². The lowest BCUT2D eigenvalue weighted by atomic mass is 10.0. The molecule has 106 valence electrons. The van der Waals surface area contributed by atoms with Gasteiger partial charge in [-0.15, -0.1) is 0 Å². The predicted molar refractivity (Wildman–Crippen MR) is 86.7 cm³/mol. The molecule has 1 N–H and O–H groups in total. The van der Waals surface area contributed by atoms with Gasteiger partial charge in [0, 0.05) is 6.04 Å². The third kappa shape index (κ3) is 2.55. The Morgan fingerprint density at radius 1 is 0.952 bits per heavy atom. The zero-order chi connectivity index (χ0) is 14.8. The topological polar surface area (TPSA) is 42.2 Å². The Kier molecular flexibility index (Phi) is 3.48. The lowest BCUT2D eigenvalue weighted by Crippen LogP contribution is -2.15. The van der Waals surface area contributed by atoms with Crippen molar-refractivity contribution in [3.8, 4) is 11.1 Å². The Morgan fingerprint density at radius 3 is 2.33 bits per heavy atom. The molecular weight excluding hydrogens is 262 g/mol. The number of benzene rings is 2. The molecule has 3 nitrogen and oxygen atoms in total. The summed E-state index contributed by atoms with van der Waals surface area (Å²) in [5.41, 5.74) is 2.04. The van der Waals surface area contributed by atoms with Crippen LogP contribution >= 0.6 is 0 Å². The highest BCUT2D eigenvalue weighted by Gasteiger charge is 2.16. The minimum atomic E-state index is -0.00815. The van der Waals surface area contributed by atoms with Gasteiger partial charge < -0.3 is 9.73 Å². The summed E-state index contributed by atoms with van der Waals surface area (Å²) in [6.45, 7) is 4.04. The van der Waals surface area contributed by atoms with Crippen molar-refractivity contribution in [2.45, 2.75) is 19.9 Å². The Bertz CT molecular complexity index is 819. The van der Waals surface area contributed by atoms with Gasteiger partial charge in [-0.1, -0.05) is 42.5 Å². The summed E-state index contributed by atoms with van der Waals surface area (Å²) < 4.78 is 5.93. The molecule has 0 radical (unpaired) electrons. The molecule has 0 saturated heterocycles. The van der Waals surface area contributed by atoms with Crippen molar-refractivity contribution in [3.63, 3.8) is 0 Å². The van der Waals surface area contributed by atoms with Gasteiger partial charge >= 0.3 is 0 Å². The van der Waals surface area contributed by atoms with Gasteiger partial charge in [0.1, 0.15) is 5.58 Å². The number of para-hydroxylation sites is 1. The van der Waals surface area contributed by atoms with Crippen molar-refractivity contribution in [2.24, 2.45) is 0 Å². The molecule has 0 unspecified atom stereocenters. The first-order valence-corrected chi connectivity index (χ1v) is 7.04. The minimum absolute atomic E-state index is 0.00815. The van der Waals surface area contributed by atoms with E-state index < -0.39 is 0 Å². The summed E-state index contributed by atoms with van der Waals surface area (Å²) in [7, 11) is 0. The molecule has 0 aliphatic rings. The minimum Gasteiger partial charge on any atom is -0.440 e. The molecular formula is C18H17NO2. The van der Waals surface area contributed by atoms with Gasteiger partial charge in [-0.05, 0) is 31.5 Å². The van der Waals surface area contributed by atoms with E-state index >= 15 is 0 Å². The maximum Gasteiger partial charge on any atom is 0.205 e. The highest BCUT2D eigenvalue weighted by molar-refractivity contribution is 5.86. The first-order valence-electron chi connectivity index (χ1n) is 7.04. The van der Waals surface area contributed by atoms with Gasteiger partial charge in [0.05, 0.1) is 10.9 Å². The van der Waals surface area contributed by atoms with Gasteiger partial charge in [0.2, 0.25) is 11.3 Å². The summed E-state index contributed by atoms with van der Waals surface area (Å²) >= 11 is 0. The van der Waals surface area contributed by atoms with Crippen molar-refractivity contribution in [1.82, 2.24) is 0 Å². The fourth-order valence-electron chi connectivity index (χ4n) is 2.37. The summed E-state index contributed by atoms with van der Waals surface area (Å²) in [5, 5.41) is 3.84. The van der Waals surface area contributed by atoms with Crippen LogP contribution in [0.3, 0.4) is 0 Å². The van der Waals surface area contributed by atoms with Crippen LogP contribution in [0.5, 0.6) is 0 Å². The highest BCUT2D eigenvalue weighted by Crippen LogP contribution is 2.28. The van der Waals surface area contributed by atoms with Crippen LogP contribution in [-0.4, -0.2) is 6.04 Å². The first-order chi connectivity index (χ1) is 10.2. The van der Waals surface area contributed by atoms with Crippen molar-refractivity contribution in [2.75, 3.05) is 5.32 Å². The van der Waals surface area contributed by atoms with Crippen molar-refractivity contribution < 1.29 is 4.42 Å². The van der Waals surface area contributed by atoms with Crippen LogP contribution in [0.2, 0.25) is 0 Å². The molecule has 3 rings (SSSR count). The van der Waals surface area contributed by atoms with Crippen molar-refractivity contribution in [1.29, 1.82) is 0 Å². The van der Waals surface area contributed by atoms with Crippen LogP contribution in [0.15, 0.2) is 63.8 Å². The third-order valence-electron chi connectivity index (χ3n) is 3.28. The van der Waals surface area contributed by atoms with Crippen LogP contribution in [0.4, 0.5) is 5.88 Å². The Labute approximate surface area is 123 Å². The maximum atomic E-state index is 12.8. The second-order valence-electron chi connectivity index (χ2n) is 5.30. The average Bonchev–Trinajstić information content (AvgIpc) is 2.48. The number of hydrogen-bond acceptors (Lipinski definition) is 3. The van der Waals surface area contributed by atoms with Crippen LogP contribution in [-0.2, 0) is 0 Å².